The van der Waals surface area contributed by atoms with Crippen LogP contribution in [-0.2, 0) is 13.0 Å². The Morgan fingerprint density at radius 1 is 1.42 bits per heavy atom. The van der Waals surface area contributed by atoms with E-state index in [2.05, 4.69) is 30.0 Å². The zero-order chi connectivity index (χ0) is 12.8. The maximum absolute atomic E-state index is 5.14. The first-order chi connectivity index (χ1) is 9.31. The molecule has 1 aliphatic rings. The van der Waals surface area contributed by atoms with E-state index in [-0.39, 0.29) is 0 Å². The average molecular weight is 256 g/mol. The topological polar surface area (TPSA) is 81.7 Å². The molecule has 0 spiro atoms. The summed E-state index contributed by atoms with van der Waals surface area (Å²) in [6, 6.07) is 0.311. The second-order valence-corrected chi connectivity index (χ2v) is 4.75. The quantitative estimate of drug-likeness (QED) is 0.741. The fourth-order valence-corrected chi connectivity index (χ4v) is 2.56. The predicted molar refractivity (Wildman–Crippen MR) is 67.7 cm³/mol. The largest absolute Gasteiger partial charge is 0.364 e. The molecule has 0 bridgehead atoms. The highest BCUT2D eigenvalue weighted by Crippen LogP contribution is 2.25. The molecule has 1 aliphatic heterocycles. The van der Waals surface area contributed by atoms with Gasteiger partial charge in [-0.3, -0.25) is 0 Å². The molecule has 0 aliphatic carbocycles. The molecule has 3 aromatic heterocycles. The number of nitrogens with zero attached hydrogens (tertiary/aromatic N) is 5. The maximum atomic E-state index is 5.14. The molecular formula is C12H12N6O. The van der Waals surface area contributed by atoms with Crippen molar-refractivity contribution in [2.24, 2.45) is 0 Å². The summed E-state index contributed by atoms with van der Waals surface area (Å²) >= 11 is 0. The zero-order valence-electron chi connectivity index (χ0n) is 10.4. The predicted octanol–water partition coefficient (Wildman–Crippen LogP) is 1.16. The molecule has 1 unspecified atom stereocenters. The van der Waals surface area contributed by atoms with E-state index in [1.54, 1.807) is 0 Å². The van der Waals surface area contributed by atoms with Crippen LogP contribution < -0.4 is 5.32 Å². The van der Waals surface area contributed by atoms with Crippen molar-refractivity contribution in [1.29, 1.82) is 0 Å². The molecule has 4 heterocycles. The van der Waals surface area contributed by atoms with Crippen molar-refractivity contribution in [2.45, 2.75) is 25.9 Å². The third kappa shape index (κ3) is 1.58. The number of aryl methyl sites for hydroxylation is 1. The lowest BCUT2D eigenvalue weighted by Gasteiger charge is -2.12. The van der Waals surface area contributed by atoms with Crippen LogP contribution in [0, 0.1) is 6.92 Å². The van der Waals surface area contributed by atoms with E-state index in [1.165, 1.54) is 12.0 Å². The van der Waals surface area contributed by atoms with Gasteiger partial charge in [0.1, 0.15) is 17.5 Å². The van der Waals surface area contributed by atoms with Gasteiger partial charge in [0, 0.05) is 24.9 Å². The molecule has 0 fully saturated rings. The number of hydrogen-bond acceptors (Lipinski definition) is 6. The summed E-state index contributed by atoms with van der Waals surface area (Å²) in [6.07, 6.45) is 6.20. The third-order valence-corrected chi connectivity index (χ3v) is 3.46. The number of fused-ring (bicyclic) bond motifs is 2. The molecule has 0 saturated heterocycles. The van der Waals surface area contributed by atoms with Crippen molar-refractivity contribution in [3.05, 3.63) is 30.2 Å². The van der Waals surface area contributed by atoms with Gasteiger partial charge >= 0.3 is 0 Å². The van der Waals surface area contributed by atoms with E-state index in [0.717, 1.165) is 29.9 Å². The second-order valence-electron chi connectivity index (χ2n) is 4.75. The van der Waals surface area contributed by atoms with Gasteiger partial charge in [-0.15, -0.1) is 0 Å². The summed E-state index contributed by atoms with van der Waals surface area (Å²) in [6.45, 7) is 2.79. The smallest absolute Gasteiger partial charge is 0.263 e. The lowest BCUT2D eigenvalue weighted by molar-refractivity contribution is 0.442. The Hall–Kier alpha value is -2.44. The molecule has 4 rings (SSSR count). The number of hydrogen-bond donors (Lipinski definition) is 1. The lowest BCUT2D eigenvalue weighted by Crippen LogP contribution is -2.21. The normalized spacial score (nSPS) is 17.8. The Morgan fingerprint density at radius 3 is 3.26 bits per heavy atom. The standard InChI is InChI=1S/C12H12N6O/c1-7-10-11(14-5-15-12(10)19-17-7)16-8-2-9-3-13-6-18(9)4-8/h3,5-6,8H,2,4H2,1H3,(H,14,15,16). The van der Waals surface area contributed by atoms with E-state index in [0.29, 0.717) is 11.8 Å². The number of nitrogens with one attached hydrogen (secondary N) is 1. The Kier molecular flexibility index (Phi) is 2.08. The highest BCUT2D eigenvalue weighted by molar-refractivity contribution is 5.87. The molecule has 7 heteroatoms. The van der Waals surface area contributed by atoms with Gasteiger partial charge in [0.15, 0.2) is 0 Å². The molecular weight excluding hydrogens is 244 g/mol. The number of aromatic nitrogens is 5. The van der Waals surface area contributed by atoms with Gasteiger partial charge in [-0.1, -0.05) is 5.16 Å². The first-order valence-corrected chi connectivity index (χ1v) is 6.14. The summed E-state index contributed by atoms with van der Waals surface area (Å²) in [4.78, 5) is 12.5. The second kappa shape index (κ2) is 3.78. The highest BCUT2D eigenvalue weighted by atomic mass is 16.5. The van der Waals surface area contributed by atoms with Crippen LogP contribution >= 0.6 is 0 Å². The Morgan fingerprint density at radius 2 is 2.37 bits per heavy atom. The van der Waals surface area contributed by atoms with Crippen molar-refractivity contribution < 1.29 is 4.52 Å². The Bertz CT molecular complexity index is 725. The minimum Gasteiger partial charge on any atom is -0.364 e. The van der Waals surface area contributed by atoms with E-state index >= 15 is 0 Å². The van der Waals surface area contributed by atoms with Crippen molar-refractivity contribution in [3.63, 3.8) is 0 Å². The van der Waals surface area contributed by atoms with Crippen LogP contribution in [0.5, 0.6) is 0 Å². The fourth-order valence-electron chi connectivity index (χ4n) is 2.56. The Balaban J connectivity index is 1.66. The summed E-state index contributed by atoms with van der Waals surface area (Å²) in [5, 5.41) is 8.23. The molecule has 3 aromatic rings. The lowest BCUT2D eigenvalue weighted by atomic mass is 10.2. The maximum Gasteiger partial charge on any atom is 0.263 e. The first-order valence-electron chi connectivity index (χ1n) is 6.14. The summed E-state index contributed by atoms with van der Waals surface area (Å²) in [7, 11) is 0. The minimum atomic E-state index is 0.311. The molecule has 0 radical (unpaired) electrons. The molecule has 0 amide bonds. The average Bonchev–Trinajstić information content (AvgIpc) is 3.05. The molecule has 1 N–H and O–H groups in total. The van der Waals surface area contributed by atoms with Crippen LogP contribution in [-0.4, -0.2) is 30.7 Å². The van der Waals surface area contributed by atoms with Crippen LogP contribution in [0.4, 0.5) is 5.82 Å². The van der Waals surface area contributed by atoms with Crippen molar-refractivity contribution in [1.82, 2.24) is 24.7 Å². The zero-order valence-corrected chi connectivity index (χ0v) is 10.4. The molecule has 96 valence electrons. The monoisotopic (exact) mass is 256 g/mol. The van der Waals surface area contributed by atoms with Gasteiger partial charge in [0.05, 0.1) is 18.1 Å². The minimum absolute atomic E-state index is 0.311. The van der Waals surface area contributed by atoms with E-state index in [1.807, 2.05) is 19.4 Å². The van der Waals surface area contributed by atoms with Crippen LogP contribution in [0.25, 0.3) is 11.1 Å². The van der Waals surface area contributed by atoms with Crippen LogP contribution in [0.15, 0.2) is 23.4 Å². The van der Waals surface area contributed by atoms with Crippen molar-refractivity contribution in [3.8, 4) is 0 Å². The van der Waals surface area contributed by atoms with Gasteiger partial charge in [0.25, 0.3) is 5.71 Å². The van der Waals surface area contributed by atoms with E-state index < -0.39 is 0 Å². The van der Waals surface area contributed by atoms with Crippen LogP contribution in [0.3, 0.4) is 0 Å². The summed E-state index contributed by atoms with van der Waals surface area (Å²) < 4.78 is 7.29. The SMILES string of the molecule is Cc1noc2ncnc(NC3Cc4cncn4C3)c12. The number of imidazole rings is 1. The molecule has 7 nitrogen and oxygen atoms in total. The fraction of sp³-hybridized carbons (Fsp3) is 0.333. The van der Waals surface area contributed by atoms with Crippen LogP contribution in [0.2, 0.25) is 0 Å². The first kappa shape index (κ1) is 10.5. The number of rotatable bonds is 2. The Labute approximate surface area is 108 Å². The van der Waals surface area contributed by atoms with Gasteiger partial charge < -0.3 is 14.4 Å². The summed E-state index contributed by atoms with van der Waals surface area (Å²) in [5.41, 5.74) is 2.57. The third-order valence-electron chi connectivity index (χ3n) is 3.46. The van der Waals surface area contributed by atoms with Gasteiger partial charge in [-0.25, -0.2) is 9.97 Å². The molecule has 1 atom stereocenters. The van der Waals surface area contributed by atoms with Crippen LogP contribution in [0.1, 0.15) is 11.4 Å². The highest BCUT2D eigenvalue weighted by Gasteiger charge is 2.23. The molecule has 19 heavy (non-hydrogen) atoms. The van der Waals surface area contributed by atoms with Gasteiger partial charge in [-0.05, 0) is 6.92 Å². The van der Waals surface area contributed by atoms with E-state index in [4.69, 9.17) is 4.52 Å². The van der Waals surface area contributed by atoms with Gasteiger partial charge in [0.2, 0.25) is 0 Å². The molecule has 0 saturated carbocycles. The van der Waals surface area contributed by atoms with Gasteiger partial charge in [-0.2, -0.15) is 4.98 Å². The van der Waals surface area contributed by atoms with E-state index in [9.17, 15) is 0 Å². The summed E-state index contributed by atoms with van der Waals surface area (Å²) in [5.74, 6) is 0.785. The molecule has 0 aromatic carbocycles. The van der Waals surface area contributed by atoms with Crippen molar-refractivity contribution >= 4 is 16.9 Å². The van der Waals surface area contributed by atoms with Crippen molar-refractivity contribution in [2.75, 3.05) is 5.32 Å². The number of anilines is 1.